The van der Waals surface area contributed by atoms with Crippen molar-refractivity contribution in [2.24, 2.45) is 0 Å². The van der Waals surface area contributed by atoms with E-state index in [0.29, 0.717) is 6.04 Å². The molecule has 0 radical (unpaired) electrons. The Hall–Kier alpha value is -1.03. The summed E-state index contributed by atoms with van der Waals surface area (Å²) in [6, 6.07) is 0.415. The van der Waals surface area contributed by atoms with Gasteiger partial charge in [-0.2, -0.15) is 0 Å². The van der Waals surface area contributed by atoms with Gasteiger partial charge in [-0.25, -0.2) is 4.79 Å². The summed E-state index contributed by atoms with van der Waals surface area (Å²) >= 11 is 0. The van der Waals surface area contributed by atoms with E-state index in [-0.39, 0.29) is 6.61 Å². The summed E-state index contributed by atoms with van der Waals surface area (Å²) in [7, 11) is 0. The molecule has 0 aromatic rings. The van der Waals surface area contributed by atoms with Gasteiger partial charge in [0.2, 0.25) is 0 Å². The number of carbonyl (C=O) groups is 1. The fourth-order valence-electron chi connectivity index (χ4n) is 1.85. The number of rotatable bonds is 5. The molecule has 0 bridgehead atoms. The van der Waals surface area contributed by atoms with Crippen LogP contribution in [0.4, 0.5) is 0 Å². The van der Waals surface area contributed by atoms with Crippen LogP contribution in [0.5, 0.6) is 0 Å². The zero-order valence-corrected chi connectivity index (χ0v) is 8.22. The molecule has 4 nitrogen and oxygen atoms in total. The SMILES string of the molecule is O=C(O)C=CN1CCCC1CCCO. The molecule has 1 aliphatic heterocycles. The maximum absolute atomic E-state index is 10.3. The van der Waals surface area contributed by atoms with Crippen molar-refractivity contribution in [1.82, 2.24) is 4.90 Å². The standard InChI is InChI=1S/C10H17NO3/c12-8-2-4-9-3-1-6-11(9)7-5-10(13)14/h5,7,9,12H,1-4,6,8H2,(H,13,14). The third-order valence-electron chi connectivity index (χ3n) is 2.53. The Morgan fingerprint density at radius 2 is 2.36 bits per heavy atom. The van der Waals surface area contributed by atoms with Gasteiger partial charge in [-0.1, -0.05) is 0 Å². The Kier molecular flexibility index (Phi) is 4.46. The number of aliphatic hydroxyl groups excluding tert-OH is 1. The van der Waals surface area contributed by atoms with Gasteiger partial charge in [-0.15, -0.1) is 0 Å². The fourth-order valence-corrected chi connectivity index (χ4v) is 1.85. The Morgan fingerprint density at radius 3 is 3.00 bits per heavy atom. The summed E-state index contributed by atoms with van der Waals surface area (Å²) < 4.78 is 0. The van der Waals surface area contributed by atoms with Crippen LogP contribution in [0.1, 0.15) is 25.7 Å². The highest BCUT2D eigenvalue weighted by Crippen LogP contribution is 2.21. The van der Waals surface area contributed by atoms with Gasteiger partial charge in [0.1, 0.15) is 0 Å². The van der Waals surface area contributed by atoms with Gasteiger partial charge in [0.05, 0.1) is 0 Å². The average molecular weight is 199 g/mol. The Labute approximate surface area is 83.8 Å². The third-order valence-corrected chi connectivity index (χ3v) is 2.53. The van der Waals surface area contributed by atoms with E-state index in [1.54, 1.807) is 6.20 Å². The van der Waals surface area contributed by atoms with Crippen LogP contribution in [-0.4, -0.2) is 40.3 Å². The van der Waals surface area contributed by atoms with E-state index < -0.39 is 5.97 Å². The maximum atomic E-state index is 10.3. The molecule has 1 heterocycles. The third kappa shape index (κ3) is 3.38. The molecule has 0 spiro atoms. The first-order chi connectivity index (χ1) is 6.74. The van der Waals surface area contributed by atoms with Crippen LogP contribution < -0.4 is 0 Å². The van der Waals surface area contributed by atoms with Gasteiger partial charge in [0.15, 0.2) is 0 Å². The molecule has 0 aromatic carbocycles. The second-order valence-electron chi connectivity index (χ2n) is 3.55. The van der Waals surface area contributed by atoms with Crippen molar-refractivity contribution in [3.05, 3.63) is 12.3 Å². The molecule has 1 atom stereocenters. The molecule has 1 saturated heterocycles. The highest BCUT2D eigenvalue weighted by molar-refractivity contribution is 5.79. The molecule has 14 heavy (non-hydrogen) atoms. The van der Waals surface area contributed by atoms with Crippen LogP contribution in [0, 0.1) is 0 Å². The summed E-state index contributed by atoms with van der Waals surface area (Å²) in [5, 5.41) is 17.2. The van der Waals surface area contributed by atoms with Gasteiger partial charge in [0, 0.05) is 31.5 Å². The zero-order valence-electron chi connectivity index (χ0n) is 8.22. The Morgan fingerprint density at radius 1 is 1.57 bits per heavy atom. The summed E-state index contributed by atoms with van der Waals surface area (Å²) in [5.74, 6) is -0.905. The van der Waals surface area contributed by atoms with E-state index in [9.17, 15) is 4.79 Å². The van der Waals surface area contributed by atoms with Crippen LogP contribution in [0.2, 0.25) is 0 Å². The lowest BCUT2D eigenvalue weighted by atomic mass is 10.1. The lowest BCUT2D eigenvalue weighted by Crippen LogP contribution is -2.24. The van der Waals surface area contributed by atoms with E-state index in [0.717, 1.165) is 32.2 Å². The van der Waals surface area contributed by atoms with Crippen molar-refractivity contribution in [1.29, 1.82) is 0 Å². The second kappa shape index (κ2) is 5.65. The van der Waals surface area contributed by atoms with Crippen LogP contribution in [0.15, 0.2) is 12.3 Å². The van der Waals surface area contributed by atoms with E-state index >= 15 is 0 Å². The molecule has 1 rings (SSSR count). The summed E-state index contributed by atoms with van der Waals surface area (Å²) in [4.78, 5) is 12.4. The summed E-state index contributed by atoms with van der Waals surface area (Å²) in [5.41, 5.74) is 0. The maximum Gasteiger partial charge on any atom is 0.329 e. The minimum Gasteiger partial charge on any atom is -0.478 e. The minimum absolute atomic E-state index is 0.215. The molecule has 0 aromatic heterocycles. The highest BCUT2D eigenvalue weighted by atomic mass is 16.4. The number of nitrogens with zero attached hydrogens (tertiary/aromatic N) is 1. The van der Waals surface area contributed by atoms with Crippen molar-refractivity contribution >= 4 is 5.97 Å². The highest BCUT2D eigenvalue weighted by Gasteiger charge is 2.20. The first-order valence-electron chi connectivity index (χ1n) is 5.02. The first-order valence-corrected chi connectivity index (χ1v) is 5.02. The molecule has 80 valence electrons. The van der Waals surface area contributed by atoms with Crippen molar-refractivity contribution in [2.75, 3.05) is 13.2 Å². The summed E-state index contributed by atoms with van der Waals surface area (Å²) in [6.07, 6.45) is 6.78. The van der Waals surface area contributed by atoms with E-state index in [1.165, 1.54) is 6.08 Å². The zero-order chi connectivity index (χ0) is 10.4. The average Bonchev–Trinajstić information content (AvgIpc) is 2.58. The van der Waals surface area contributed by atoms with Gasteiger partial charge in [-0.3, -0.25) is 0 Å². The van der Waals surface area contributed by atoms with E-state index in [2.05, 4.69) is 4.90 Å². The molecule has 0 aliphatic carbocycles. The molecule has 2 N–H and O–H groups in total. The number of carboxylic acids is 1. The normalized spacial score (nSPS) is 22.1. The molecule has 1 aliphatic rings. The molecule has 1 unspecified atom stereocenters. The molecule has 1 fully saturated rings. The lowest BCUT2D eigenvalue weighted by molar-refractivity contribution is -0.131. The predicted molar refractivity (Wildman–Crippen MR) is 52.8 cm³/mol. The number of hydrogen-bond donors (Lipinski definition) is 2. The van der Waals surface area contributed by atoms with E-state index in [1.807, 2.05) is 0 Å². The molecule has 0 amide bonds. The topological polar surface area (TPSA) is 60.8 Å². The van der Waals surface area contributed by atoms with Crippen molar-refractivity contribution < 1.29 is 15.0 Å². The minimum atomic E-state index is -0.905. The number of carboxylic acid groups (broad SMARTS) is 1. The number of aliphatic hydroxyl groups is 1. The predicted octanol–water partition coefficient (Wildman–Crippen LogP) is 0.822. The lowest BCUT2D eigenvalue weighted by Gasteiger charge is -2.21. The van der Waals surface area contributed by atoms with E-state index in [4.69, 9.17) is 10.2 Å². The molecular formula is C10H17NO3. The van der Waals surface area contributed by atoms with Crippen LogP contribution >= 0.6 is 0 Å². The van der Waals surface area contributed by atoms with Crippen LogP contribution in [0.3, 0.4) is 0 Å². The van der Waals surface area contributed by atoms with Crippen molar-refractivity contribution in [3.8, 4) is 0 Å². The van der Waals surface area contributed by atoms with Gasteiger partial charge < -0.3 is 15.1 Å². The van der Waals surface area contributed by atoms with Gasteiger partial charge in [-0.05, 0) is 25.7 Å². The Balaban J connectivity index is 2.38. The quantitative estimate of drug-likeness (QED) is 0.644. The second-order valence-corrected chi connectivity index (χ2v) is 3.55. The number of hydrogen-bond acceptors (Lipinski definition) is 3. The van der Waals surface area contributed by atoms with Crippen LogP contribution in [0.25, 0.3) is 0 Å². The first kappa shape index (κ1) is 11.0. The fraction of sp³-hybridized carbons (Fsp3) is 0.700. The Bertz CT molecular complexity index is 215. The number of aliphatic carboxylic acids is 1. The van der Waals surface area contributed by atoms with Crippen molar-refractivity contribution in [2.45, 2.75) is 31.7 Å². The van der Waals surface area contributed by atoms with Gasteiger partial charge in [0.25, 0.3) is 0 Å². The van der Waals surface area contributed by atoms with Gasteiger partial charge >= 0.3 is 5.97 Å². The smallest absolute Gasteiger partial charge is 0.329 e. The summed E-state index contributed by atoms with van der Waals surface area (Å²) in [6.45, 7) is 1.15. The number of likely N-dealkylation sites (tertiary alicyclic amines) is 1. The molecular weight excluding hydrogens is 182 g/mol. The largest absolute Gasteiger partial charge is 0.478 e. The van der Waals surface area contributed by atoms with Crippen LogP contribution in [-0.2, 0) is 4.79 Å². The van der Waals surface area contributed by atoms with Crippen molar-refractivity contribution in [3.63, 3.8) is 0 Å². The monoisotopic (exact) mass is 199 g/mol. The molecule has 0 saturated carbocycles. The molecule has 4 heteroatoms.